The average molecular weight is 218 g/mol. The van der Waals surface area contributed by atoms with Crippen LogP contribution >= 0.6 is 0 Å². The van der Waals surface area contributed by atoms with Crippen molar-refractivity contribution in [2.24, 2.45) is 17.3 Å². The number of rotatable bonds is 1. The number of Topliss-reactive ketones (excluding diaryl/α,β-unsaturated/α-hetero) is 1. The first-order valence-corrected chi connectivity index (χ1v) is 6.31. The Morgan fingerprint density at radius 3 is 2.75 bits per heavy atom. The van der Waals surface area contributed by atoms with Gasteiger partial charge >= 0.3 is 0 Å². The van der Waals surface area contributed by atoms with Crippen LogP contribution in [0.1, 0.15) is 46.0 Å². The summed E-state index contributed by atoms with van der Waals surface area (Å²) in [5, 5.41) is 0. The van der Waals surface area contributed by atoms with E-state index in [-0.39, 0.29) is 5.41 Å². The van der Waals surface area contributed by atoms with Gasteiger partial charge in [0.25, 0.3) is 0 Å². The quantitative estimate of drug-likeness (QED) is 0.610. The Labute approximate surface area is 98.6 Å². The van der Waals surface area contributed by atoms with E-state index in [0.29, 0.717) is 24.0 Å². The Bertz CT molecular complexity index is 352. The van der Waals surface area contributed by atoms with Gasteiger partial charge in [0.15, 0.2) is 0 Å². The Morgan fingerprint density at radius 2 is 2.12 bits per heavy atom. The van der Waals surface area contributed by atoms with Gasteiger partial charge in [-0.1, -0.05) is 31.2 Å². The van der Waals surface area contributed by atoms with E-state index in [2.05, 4.69) is 27.0 Å². The molecule has 0 radical (unpaired) electrons. The van der Waals surface area contributed by atoms with Crippen molar-refractivity contribution in [2.75, 3.05) is 0 Å². The van der Waals surface area contributed by atoms with Crippen molar-refractivity contribution >= 4 is 5.78 Å². The third-order valence-corrected chi connectivity index (χ3v) is 4.80. The second kappa shape index (κ2) is 3.87. The van der Waals surface area contributed by atoms with Crippen molar-refractivity contribution in [3.05, 3.63) is 24.3 Å². The highest BCUT2D eigenvalue weighted by atomic mass is 16.1. The smallest absolute Gasteiger partial charge is 0.139 e. The van der Waals surface area contributed by atoms with Gasteiger partial charge in [-0.05, 0) is 44.4 Å². The maximum Gasteiger partial charge on any atom is 0.139 e. The first-order valence-electron chi connectivity index (χ1n) is 6.31. The van der Waals surface area contributed by atoms with E-state index in [4.69, 9.17) is 0 Å². The highest BCUT2D eigenvalue weighted by Gasteiger charge is 2.48. The molecule has 0 saturated heterocycles. The van der Waals surface area contributed by atoms with Crippen LogP contribution in [0.4, 0.5) is 0 Å². The molecule has 2 fully saturated rings. The maximum atomic E-state index is 12.1. The molecule has 88 valence electrons. The van der Waals surface area contributed by atoms with E-state index >= 15 is 0 Å². The maximum absolute atomic E-state index is 12.1. The number of fused-ring (bicyclic) bond motifs is 1. The summed E-state index contributed by atoms with van der Waals surface area (Å²) < 4.78 is 0. The lowest BCUT2D eigenvalue weighted by Gasteiger charge is -2.47. The summed E-state index contributed by atoms with van der Waals surface area (Å²) in [7, 11) is 0. The molecule has 0 aromatic heterocycles. The summed E-state index contributed by atoms with van der Waals surface area (Å²) in [6.45, 7) is 12.5. The Balaban J connectivity index is 2.25. The fourth-order valence-electron chi connectivity index (χ4n) is 3.44. The van der Waals surface area contributed by atoms with Crippen LogP contribution in [-0.4, -0.2) is 5.78 Å². The van der Waals surface area contributed by atoms with E-state index < -0.39 is 0 Å². The van der Waals surface area contributed by atoms with E-state index in [9.17, 15) is 4.79 Å². The molecule has 2 rings (SSSR count). The number of hydrogen-bond acceptors (Lipinski definition) is 1. The first kappa shape index (κ1) is 11.6. The summed E-state index contributed by atoms with van der Waals surface area (Å²) in [5.74, 6) is 1.47. The van der Waals surface area contributed by atoms with Gasteiger partial charge < -0.3 is 0 Å². The summed E-state index contributed by atoms with van der Waals surface area (Å²) in [6.07, 6.45) is 4.86. The molecular formula is C15H22O. The minimum Gasteiger partial charge on any atom is -0.299 e. The molecule has 2 aliphatic carbocycles. The summed E-state index contributed by atoms with van der Waals surface area (Å²) >= 11 is 0. The summed E-state index contributed by atoms with van der Waals surface area (Å²) in [6, 6.07) is 0. The molecule has 0 aromatic rings. The van der Waals surface area contributed by atoms with Crippen LogP contribution in [0.3, 0.4) is 0 Å². The third-order valence-electron chi connectivity index (χ3n) is 4.80. The zero-order valence-electron chi connectivity index (χ0n) is 10.5. The standard InChI is InChI=1S/C15H22O/c1-10(2)12-7-8-15(4)13(9-12)11(3)5-6-14(15)16/h12-13H,1,3,5-9H2,2,4H3/t12?,13-,15+/m0/s1. The predicted molar refractivity (Wildman–Crippen MR) is 67.1 cm³/mol. The number of allylic oxidation sites excluding steroid dienone is 2. The molecule has 1 unspecified atom stereocenters. The normalized spacial score (nSPS) is 39.4. The molecule has 0 heterocycles. The Morgan fingerprint density at radius 1 is 1.44 bits per heavy atom. The van der Waals surface area contributed by atoms with Gasteiger partial charge in [-0.25, -0.2) is 0 Å². The van der Waals surface area contributed by atoms with Gasteiger partial charge in [-0.15, -0.1) is 0 Å². The number of carbonyl (C=O) groups excluding carboxylic acids is 1. The van der Waals surface area contributed by atoms with Crippen molar-refractivity contribution < 1.29 is 4.79 Å². The second-order valence-corrected chi connectivity index (χ2v) is 5.87. The minimum atomic E-state index is -0.110. The van der Waals surface area contributed by atoms with Gasteiger partial charge in [0, 0.05) is 11.8 Å². The first-order chi connectivity index (χ1) is 7.45. The molecule has 3 atom stereocenters. The zero-order valence-corrected chi connectivity index (χ0v) is 10.5. The lowest BCUT2D eigenvalue weighted by atomic mass is 9.56. The zero-order chi connectivity index (χ0) is 11.9. The lowest BCUT2D eigenvalue weighted by molar-refractivity contribution is -0.134. The molecule has 0 bridgehead atoms. The van der Waals surface area contributed by atoms with E-state index in [0.717, 1.165) is 25.7 Å². The molecule has 16 heavy (non-hydrogen) atoms. The van der Waals surface area contributed by atoms with Crippen molar-refractivity contribution in [2.45, 2.75) is 46.0 Å². The molecule has 0 spiro atoms. The van der Waals surface area contributed by atoms with Crippen LogP contribution in [0.25, 0.3) is 0 Å². The van der Waals surface area contributed by atoms with Crippen LogP contribution in [-0.2, 0) is 4.79 Å². The van der Waals surface area contributed by atoms with Gasteiger partial charge in [-0.3, -0.25) is 4.79 Å². The topological polar surface area (TPSA) is 17.1 Å². The Kier molecular flexibility index (Phi) is 2.81. The molecule has 2 saturated carbocycles. The molecule has 0 N–H and O–H groups in total. The van der Waals surface area contributed by atoms with Crippen LogP contribution < -0.4 is 0 Å². The van der Waals surface area contributed by atoms with Crippen molar-refractivity contribution in [3.8, 4) is 0 Å². The third kappa shape index (κ3) is 1.66. The SMILES string of the molecule is C=C(C)C1CC[C@@]2(C)C(=O)CCC(=C)[C@@H]2C1. The fourth-order valence-corrected chi connectivity index (χ4v) is 3.44. The van der Waals surface area contributed by atoms with Crippen LogP contribution in [0.2, 0.25) is 0 Å². The Hall–Kier alpha value is -0.850. The van der Waals surface area contributed by atoms with E-state index in [1.165, 1.54) is 11.1 Å². The van der Waals surface area contributed by atoms with Gasteiger partial charge in [0.05, 0.1) is 0 Å². The predicted octanol–water partition coefficient (Wildman–Crippen LogP) is 3.90. The number of carbonyl (C=O) groups is 1. The fraction of sp³-hybridized carbons (Fsp3) is 0.667. The highest BCUT2D eigenvalue weighted by Crippen LogP contribution is 2.52. The second-order valence-electron chi connectivity index (χ2n) is 5.87. The molecular weight excluding hydrogens is 196 g/mol. The van der Waals surface area contributed by atoms with Crippen LogP contribution in [0.5, 0.6) is 0 Å². The highest BCUT2D eigenvalue weighted by molar-refractivity contribution is 5.86. The van der Waals surface area contributed by atoms with Gasteiger partial charge in [0.1, 0.15) is 5.78 Å². The van der Waals surface area contributed by atoms with Crippen LogP contribution in [0.15, 0.2) is 24.3 Å². The average Bonchev–Trinajstić information content (AvgIpc) is 2.24. The van der Waals surface area contributed by atoms with Crippen molar-refractivity contribution in [3.63, 3.8) is 0 Å². The van der Waals surface area contributed by atoms with Gasteiger partial charge in [0.2, 0.25) is 0 Å². The molecule has 2 aliphatic rings. The summed E-state index contributed by atoms with van der Waals surface area (Å²) in [5.41, 5.74) is 2.46. The molecule has 0 aliphatic heterocycles. The number of hydrogen-bond donors (Lipinski definition) is 0. The number of ketones is 1. The van der Waals surface area contributed by atoms with Crippen molar-refractivity contribution in [1.82, 2.24) is 0 Å². The molecule has 0 aromatic carbocycles. The summed E-state index contributed by atoms with van der Waals surface area (Å²) in [4.78, 5) is 12.1. The van der Waals surface area contributed by atoms with Gasteiger partial charge in [-0.2, -0.15) is 0 Å². The monoisotopic (exact) mass is 218 g/mol. The molecule has 1 nitrogen and oxygen atoms in total. The minimum absolute atomic E-state index is 0.110. The van der Waals surface area contributed by atoms with Crippen molar-refractivity contribution in [1.29, 1.82) is 0 Å². The van der Waals surface area contributed by atoms with E-state index in [1.54, 1.807) is 0 Å². The molecule has 1 heteroatoms. The van der Waals surface area contributed by atoms with Crippen LogP contribution in [0, 0.1) is 17.3 Å². The van der Waals surface area contributed by atoms with E-state index in [1.807, 2.05) is 0 Å². The molecule has 0 amide bonds. The lowest BCUT2D eigenvalue weighted by Crippen LogP contribution is -2.44. The largest absolute Gasteiger partial charge is 0.299 e.